The predicted molar refractivity (Wildman–Crippen MR) is 72.4 cm³/mol. The van der Waals surface area contributed by atoms with Crippen LogP contribution in [0.3, 0.4) is 0 Å². The number of hydrogen-bond acceptors (Lipinski definition) is 4. The van der Waals surface area contributed by atoms with Crippen LogP contribution in [0.15, 0.2) is 0 Å². The molecule has 6 heteroatoms. The summed E-state index contributed by atoms with van der Waals surface area (Å²) in [6.07, 6.45) is 3.84. The highest BCUT2D eigenvalue weighted by atomic mass is 35.7. The van der Waals surface area contributed by atoms with Crippen molar-refractivity contribution in [3.8, 4) is 0 Å². The first-order valence-electron chi connectivity index (χ1n) is 6.59. The van der Waals surface area contributed by atoms with Gasteiger partial charge in [0, 0.05) is 30.5 Å². The van der Waals surface area contributed by atoms with Gasteiger partial charge in [0.2, 0.25) is 9.05 Å². The van der Waals surface area contributed by atoms with Crippen molar-refractivity contribution < 1.29 is 17.9 Å². The van der Waals surface area contributed by atoms with Crippen LogP contribution in [-0.4, -0.2) is 40.6 Å². The van der Waals surface area contributed by atoms with Gasteiger partial charge in [-0.05, 0) is 31.1 Å². The highest BCUT2D eigenvalue weighted by Gasteiger charge is 2.18. The molecule has 0 N–H and O–H groups in total. The van der Waals surface area contributed by atoms with Gasteiger partial charge in [0.05, 0.1) is 12.4 Å². The highest BCUT2D eigenvalue weighted by Crippen LogP contribution is 2.17. The van der Waals surface area contributed by atoms with Crippen molar-refractivity contribution >= 4 is 19.7 Å². The van der Waals surface area contributed by atoms with E-state index in [-0.39, 0.29) is 11.7 Å². The topological polar surface area (TPSA) is 52.6 Å². The van der Waals surface area contributed by atoms with Crippen molar-refractivity contribution in [1.82, 2.24) is 0 Å². The van der Waals surface area contributed by atoms with Crippen molar-refractivity contribution in [3.05, 3.63) is 0 Å². The lowest BCUT2D eigenvalue weighted by molar-refractivity contribution is 0.0125. The Morgan fingerprint density at radius 1 is 1.39 bits per heavy atom. The van der Waals surface area contributed by atoms with Crippen molar-refractivity contribution in [2.75, 3.05) is 32.2 Å². The molecule has 1 unspecified atom stereocenters. The van der Waals surface area contributed by atoms with E-state index in [0.717, 1.165) is 38.9 Å². The molecule has 1 aliphatic rings. The van der Waals surface area contributed by atoms with Gasteiger partial charge in [0.15, 0.2) is 0 Å². The smallest absolute Gasteiger partial charge is 0.232 e. The Hall–Kier alpha value is 0.160. The zero-order valence-corrected chi connectivity index (χ0v) is 12.5. The summed E-state index contributed by atoms with van der Waals surface area (Å²) in [6, 6.07) is 0. The molecule has 1 fully saturated rings. The molecule has 0 aromatic rings. The van der Waals surface area contributed by atoms with Crippen molar-refractivity contribution in [1.29, 1.82) is 0 Å². The second kappa shape index (κ2) is 8.35. The standard InChI is InChI=1S/C12H23ClO4S/c1-2-3-12(10-18(13,14)15)9-17-8-11-4-6-16-7-5-11/h11-12H,2-10H2,1H3. The fourth-order valence-corrected chi connectivity index (χ4v) is 3.58. The molecular formula is C12H23ClO4S. The molecule has 1 heterocycles. The van der Waals surface area contributed by atoms with Crippen LogP contribution in [0.2, 0.25) is 0 Å². The van der Waals surface area contributed by atoms with Crippen molar-refractivity contribution in [2.45, 2.75) is 32.6 Å². The molecule has 0 aromatic heterocycles. The monoisotopic (exact) mass is 298 g/mol. The van der Waals surface area contributed by atoms with Crippen LogP contribution in [0.4, 0.5) is 0 Å². The molecule has 0 bridgehead atoms. The Labute approximate surface area is 114 Å². The molecule has 4 nitrogen and oxygen atoms in total. The zero-order valence-electron chi connectivity index (χ0n) is 10.9. The zero-order chi connectivity index (χ0) is 13.4. The minimum absolute atomic E-state index is 0.0101. The van der Waals surface area contributed by atoms with E-state index in [4.69, 9.17) is 20.2 Å². The first-order chi connectivity index (χ1) is 8.51. The Morgan fingerprint density at radius 2 is 2.06 bits per heavy atom. The van der Waals surface area contributed by atoms with E-state index < -0.39 is 9.05 Å². The van der Waals surface area contributed by atoms with Gasteiger partial charge >= 0.3 is 0 Å². The van der Waals surface area contributed by atoms with E-state index in [0.29, 0.717) is 19.1 Å². The van der Waals surface area contributed by atoms with E-state index >= 15 is 0 Å². The molecular weight excluding hydrogens is 276 g/mol. The second-order valence-electron chi connectivity index (χ2n) is 4.95. The summed E-state index contributed by atoms with van der Waals surface area (Å²) in [5, 5.41) is 0. The van der Waals surface area contributed by atoms with Crippen molar-refractivity contribution in [3.63, 3.8) is 0 Å². The fourth-order valence-electron chi connectivity index (χ4n) is 2.22. The van der Waals surface area contributed by atoms with Gasteiger partial charge in [0.25, 0.3) is 0 Å². The Kier molecular flexibility index (Phi) is 7.53. The van der Waals surface area contributed by atoms with Gasteiger partial charge in [-0.1, -0.05) is 13.3 Å². The third-order valence-electron chi connectivity index (χ3n) is 3.18. The number of hydrogen-bond donors (Lipinski definition) is 0. The summed E-state index contributed by atoms with van der Waals surface area (Å²) in [6.45, 7) is 4.83. The van der Waals surface area contributed by atoms with E-state index in [1.54, 1.807) is 0 Å². The SMILES string of the molecule is CCCC(COCC1CCOCC1)CS(=O)(=O)Cl. The maximum absolute atomic E-state index is 11.1. The van der Waals surface area contributed by atoms with Gasteiger partial charge in [-0.2, -0.15) is 0 Å². The first-order valence-corrected chi connectivity index (χ1v) is 9.07. The lowest BCUT2D eigenvalue weighted by atomic mass is 10.0. The second-order valence-corrected chi connectivity index (χ2v) is 7.78. The minimum Gasteiger partial charge on any atom is -0.381 e. The Morgan fingerprint density at radius 3 is 2.61 bits per heavy atom. The largest absolute Gasteiger partial charge is 0.381 e. The lowest BCUT2D eigenvalue weighted by Gasteiger charge is -2.23. The van der Waals surface area contributed by atoms with Gasteiger partial charge in [-0.3, -0.25) is 0 Å². The normalized spacial score (nSPS) is 19.9. The highest BCUT2D eigenvalue weighted by molar-refractivity contribution is 8.13. The minimum atomic E-state index is -3.43. The van der Waals surface area contributed by atoms with Gasteiger partial charge < -0.3 is 9.47 Å². The molecule has 1 aliphatic heterocycles. The molecule has 0 amide bonds. The van der Waals surface area contributed by atoms with E-state index in [2.05, 4.69) is 0 Å². The average molecular weight is 299 g/mol. The van der Waals surface area contributed by atoms with Gasteiger partial charge in [-0.15, -0.1) is 0 Å². The number of ether oxygens (including phenoxy) is 2. The molecule has 0 aromatic carbocycles. The average Bonchev–Trinajstić information content (AvgIpc) is 2.28. The quantitative estimate of drug-likeness (QED) is 0.646. The van der Waals surface area contributed by atoms with E-state index in [9.17, 15) is 8.42 Å². The molecule has 108 valence electrons. The van der Waals surface area contributed by atoms with Crippen LogP contribution in [0, 0.1) is 11.8 Å². The maximum Gasteiger partial charge on any atom is 0.232 e. The maximum atomic E-state index is 11.1. The third kappa shape index (κ3) is 7.56. The van der Waals surface area contributed by atoms with Crippen LogP contribution in [0.5, 0.6) is 0 Å². The third-order valence-corrected chi connectivity index (χ3v) is 4.43. The molecule has 1 saturated heterocycles. The summed E-state index contributed by atoms with van der Waals surface area (Å²) in [4.78, 5) is 0. The molecule has 0 radical (unpaired) electrons. The predicted octanol–water partition coefficient (Wildman–Crippen LogP) is 2.41. The molecule has 0 spiro atoms. The van der Waals surface area contributed by atoms with Crippen LogP contribution in [-0.2, 0) is 18.5 Å². The Bertz CT molecular complexity index is 312. The van der Waals surface area contributed by atoms with E-state index in [1.165, 1.54) is 0 Å². The lowest BCUT2D eigenvalue weighted by Crippen LogP contribution is -2.23. The molecule has 0 saturated carbocycles. The van der Waals surface area contributed by atoms with Crippen LogP contribution >= 0.6 is 10.7 Å². The van der Waals surface area contributed by atoms with Crippen molar-refractivity contribution in [2.24, 2.45) is 11.8 Å². The van der Waals surface area contributed by atoms with Gasteiger partial charge in [-0.25, -0.2) is 8.42 Å². The summed E-state index contributed by atoms with van der Waals surface area (Å²) in [7, 11) is 1.86. The number of halogens is 1. The fraction of sp³-hybridized carbons (Fsp3) is 1.00. The molecule has 0 aliphatic carbocycles. The summed E-state index contributed by atoms with van der Waals surface area (Å²) in [5.74, 6) is 0.571. The van der Waals surface area contributed by atoms with Gasteiger partial charge in [0.1, 0.15) is 0 Å². The molecule has 1 rings (SSSR count). The van der Waals surface area contributed by atoms with E-state index in [1.807, 2.05) is 6.92 Å². The summed E-state index contributed by atoms with van der Waals surface area (Å²) < 4.78 is 33.1. The van der Waals surface area contributed by atoms with Crippen LogP contribution in [0.25, 0.3) is 0 Å². The molecule has 1 atom stereocenters. The van der Waals surface area contributed by atoms with Crippen LogP contribution < -0.4 is 0 Å². The Balaban J connectivity index is 2.23. The molecule has 18 heavy (non-hydrogen) atoms. The summed E-state index contributed by atoms with van der Waals surface area (Å²) in [5.41, 5.74) is 0. The van der Waals surface area contributed by atoms with Crippen LogP contribution in [0.1, 0.15) is 32.6 Å². The first kappa shape index (κ1) is 16.2. The number of rotatable bonds is 8. The summed E-state index contributed by atoms with van der Waals surface area (Å²) >= 11 is 0.